The number of aryl methyl sites for hydroxylation is 1. The summed E-state index contributed by atoms with van der Waals surface area (Å²) in [6, 6.07) is 8.25. The number of ether oxygens (including phenoxy) is 1. The minimum Gasteiger partial charge on any atom is -0.484 e. The molecule has 0 bridgehead atoms. The molecule has 0 aliphatic rings. The third kappa shape index (κ3) is 6.64. The van der Waals surface area contributed by atoms with E-state index in [1.807, 2.05) is 0 Å². The van der Waals surface area contributed by atoms with Gasteiger partial charge in [0.25, 0.3) is 5.91 Å². The number of halogens is 3. The van der Waals surface area contributed by atoms with E-state index < -0.39 is 33.7 Å². The predicted molar refractivity (Wildman–Crippen MR) is 140 cm³/mol. The summed E-state index contributed by atoms with van der Waals surface area (Å²) in [5, 5.41) is 2.89. The van der Waals surface area contributed by atoms with Crippen molar-refractivity contribution in [3.05, 3.63) is 89.0 Å². The number of pyridine rings is 2. The monoisotopic (exact) mass is 561 g/mol. The molecule has 0 saturated carbocycles. The van der Waals surface area contributed by atoms with E-state index in [2.05, 4.69) is 20.0 Å². The van der Waals surface area contributed by atoms with Gasteiger partial charge < -0.3 is 14.6 Å². The van der Waals surface area contributed by atoms with Gasteiger partial charge in [0.1, 0.15) is 23.4 Å². The van der Waals surface area contributed by atoms with Gasteiger partial charge in [-0.05, 0) is 37.3 Å². The normalized spacial score (nSPS) is 12.2. The van der Waals surface area contributed by atoms with Crippen molar-refractivity contribution in [2.24, 2.45) is 7.05 Å². The Morgan fingerprint density at radius 2 is 1.76 bits per heavy atom. The maximum absolute atomic E-state index is 14.1. The molecule has 4 rings (SSSR count). The number of hydrogen-bond donors (Lipinski definition) is 2. The van der Waals surface area contributed by atoms with Crippen molar-refractivity contribution in [2.45, 2.75) is 13.0 Å². The minimum absolute atomic E-state index is 0.0845. The number of amides is 1. The molecule has 0 radical (unpaired) electrons. The standard InChI is InChI=1S/C25H22ClF2N5O4S/c1-14(15-4-18(27)11-29-10-15)37-23-8-19(28)12-30-24(23)22-5-16(13-33(22)2)25(34)31-20-6-17(26)7-21(9-20)32-38(3,35)36/h4-14,32H,1-3H3,(H,31,34)/t14-/m1/s1. The third-order valence-corrected chi connectivity index (χ3v) is 6.11. The number of carbonyl (C=O) groups is 1. The first-order valence-electron chi connectivity index (χ1n) is 11.1. The van der Waals surface area contributed by atoms with Crippen LogP contribution >= 0.6 is 11.6 Å². The van der Waals surface area contributed by atoms with Crippen LogP contribution in [-0.2, 0) is 17.1 Å². The first kappa shape index (κ1) is 27.0. The molecule has 1 atom stereocenters. The molecule has 0 aliphatic carbocycles. The zero-order chi connectivity index (χ0) is 27.6. The molecular formula is C25H22ClF2N5O4S. The number of carbonyl (C=O) groups excluding carboxylic acids is 1. The molecule has 9 nitrogen and oxygen atoms in total. The third-order valence-electron chi connectivity index (χ3n) is 5.29. The number of rotatable bonds is 8. The van der Waals surface area contributed by atoms with E-state index in [-0.39, 0.29) is 33.4 Å². The van der Waals surface area contributed by atoms with Crippen molar-refractivity contribution in [3.8, 4) is 17.1 Å². The van der Waals surface area contributed by atoms with E-state index in [1.54, 1.807) is 24.7 Å². The number of hydrogen-bond acceptors (Lipinski definition) is 6. The smallest absolute Gasteiger partial charge is 0.257 e. The second-order valence-corrected chi connectivity index (χ2v) is 10.7. The molecule has 0 aliphatic heterocycles. The van der Waals surface area contributed by atoms with Crippen LogP contribution < -0.4 is 14.8 Å². The number of benzene rings is 1. The van der Waals surface area contributed by atoms with Crippen molar-refractivity contribution in [1.82, 2.24) is 14.5 Å². The molecule has 38 heavy (non-hydrogen) atoms. The van der Waals surface area contributed by atoms with Crippen LogP contribution in [0.1, 0.15) is 28.9 Å². The largest absolute Gasteiger partial charge is 0.484 e. The molecule has 0 unspecified atom stereocenters. The molecule has 0 spiro atoms. The lowest BCUT2D eigenvalue weighted by Gasteiger charge is -2.17. The first-order valence-corrected chi connectivity index (χ1v) is 13.3. The summed E-state index contributed by atoms with van der Waals surface area (Å²) in [6.07, 6.45) is 5.38. The first-order chi connectivity index (χ1) is 17.9. The molecule has 0 saturated heterocycles. The molecular weight excluding hydrogens is 540 g/mol. The minimum atomic E-state index is -3.55. The van der Waals surface area contributed by atoms with Crippen LogP contribution in [0.3, 0.4) is 0 Å². The molecule has 1 aromatic carbocycles. The second-order valence-electron chi connectivity index (χ2n) is 8.48. The van der Waals surface area contributed by atoms with Crippen molar-refractivity contribution < 1.29 is 26.7 Å². The van der Waals surface area contributed by atoms with Crippen LogP contribution in [0, 0.1) is 11.6 Å². The van der Waals surface area contributed by atoms with Crippen LogP contribution in [0.2, 0.25) is 5.02 Å². The molecule has 3 aromatic heterocycles. The van der Waals surface area contributed by atoms with Crippen LogP contribution in [0.15, 0.2) is 61.2 Å². The van der Waals surface area contributed by atoms with Crippen molar-refractivity contribution in [1.29, 1.82) is 0 Å². The van der Waals surface area contributed by atoms with Gasteiger partial charge in [0.05, 0.1) is 35.6 Å². The number of sulfonamides is 1. The summed E-state index contributed by atoms with van der Waals surface area (Å²) in [6.45, 7) is 1.66. The van der Waals surface area contributed by atoms with E-state index in [0.717, 1.165) is 24.7 Å². The van der Waals surface area contributed by atoms with Gasteiger partial charge in [0.15, 0.2) is 5.75 Å². The van der Waals surface area contributed by atoms with Crippen LogP contribution in [0.25, 0.3) is 11.4 Å². The number of aromatic nitrogens is 3. The topological polar surface area (TPSA) is 115 Å². The van der Waals surface area contributed by atoms with Crippen LogP contribution in [0.4, 0.5) is 20.2 Å². The highest BCUT2D eigenvalue weighted by Gasteiger charge is 2.20. The highest BCUT2D eigenvalue weighted by Crippen LogP contribution is 2.33. The average Bonchev–Trinajstić information content (AvgIpc) is 3.19. The highest BCUT2D eigenvalue weighted by molar-refractivity contribution is 7.92. The Morgan fingerprint density at radius 1 is 1.05 bits per heavy atom. The van der Waals surface area contributed by atoms with Crippen LogP contribution in [0.5, 0.6) is 5.75 Å². The predicted octanol–water partition coefficient (Wildman–Crippen LogP) is 5.18. The van der Waals surface area contributed by atoms with Gasteiger partial charge in [0.2, 0.25) is 10.0 Å². The quantitative estimate of drug-likeness (QED) is 0.306. The van der Waals surface area contributed by atoms with E-state index in [0.29, 0.717) is 11.3 Å². The fourth-order valence-electron chi connectivity index (χ4n) is 3.67. The SMILES string of the molecule is C[C@@H](Oc1cc(F)cnc1-c1cc(C(=O)Nc2cc(Cl)cc(NS(C)(=O)=O)c2)cn1C)c1cncc(F)c1. The lowest BCUT2D eigenvalue weighted by Crippen LogP contribution is -2.13. The van der Waals surface area contributed by atoms with Gasteiger partial charge in [-0.1, -0.05) is 11.6 Å². The maximum atomic E-state index is 14.1. The van der Waals surface area contributed by atoms with E-state index in [4.69, 9.17) is 16.3 Å². The molecule has 3 heterocycles. The number of nitrogens with zero attached hydrogens (tertiary/aromatic N) is 3. The molecule has 4 aromatic rings. The summed E-state index contributed by atoms with van der Waals surface area (Å²) in [5.74, 6) is -1.60. The van der Waals surface area contributed by atoms with Crippen molar-refractivity contribution >= 4 is 38.9 Å². The molecule has 0 fully saturated rings. The van der Waals surface area contributed by atoms with Crippen molar-refractivity contribution in [2.75, 3.05) is 16.3 Å². The van der Waals surface area contributed by atoms with E-state index in [1.165, 1.54) is 36.5 Å². The van der Waals surface area contributed by atoms with E-state index >= 15 is 0 Å². The lowest BCUT2D eigenvalue weighted by molar-refractivity contribution is 0.102. The molecule has 1 amide bonds. The maximum Gasteiger partial charge on any atom is 0.257 e. The summed E-state index contributed by atoms with van der Waals surface area (Å²) in [4.78, 5) is 21.0. The van der Waals surface area contributed by atoms with Crippen LogP contribution in [-0.4, -0.2) is 35.1 Å². The fourth-order valence-corrected chi connectivity index (χ4v) is 4.46. The van der Waals surface area contributed by atoms with Gasteiger partial charge in [0, 0.05) is 41.8 Å². The van der Waals surface area contributed by atoms with E-state index in [9.17, 15) is 22.0 Å². The highest BCUT2D eigenvalue weighted by atomic mass is 35.5. The lowest BCUT2D eigenvalue weighted by atomic mass is 10.1. The summed E-state index contributed by atoms with van der Waals surface area (Å²) in [7, 11) is -1.88. The van der Waals surface area contributed by atoms with Gasteiger partial charge in [-0.2, -0.15) is 0 Å². The molecule has 13 heteroatoms. The fraction of sp³-hybridized carbons (Fsp3) is 0.160. The number of anilines is 2. The van der Waals surface area contributed by atoms with Crippen molar-refractivity contribution in [3.63, 3.8) is 0 Å². The van der Waals surface area contributed by atoms with Gasteiger partial charge >= 0.3 is 0 Å². The van der Waals surface area contributed by atoms with Gasteiger partial charge in [-0.3, -0.25) is 14.5 Å². The summed E-state index contributed by atoms with van der Waals surface area (Å²) >= 11 is 6.07. The Morgan fingerprint density at radius 3 is 2.47 bits per heavy atom. The Kier molecular flexibility index (Phi) is 7.65. The van der Waals surface area contributed by atoms with Gasteiger partial charge in [-0.25, -0.2) is 22.2 Å². The zero-order valence-corrected chi connectivity index (χ0v) is 21.9. The molecule has 198 valence electrons. The average molecular weight is 562 g/mol. The Labute approximate surface area is 222 Å². The second kappa shape index (κ2) is 10.8. The zero-order valence-electron chi connectivity index (χ0n) is 20.4. The molecule has 2 N–H and O–H groups in total. The Balaban J connectivity index is 1.61. The summed E-state index contributed by atoms with van der Waals surface area (Å²) < 4.78 is 60.6. The Bertz CT molecular complexity index is 1630. The Hall–Kier alpha value is -4.03. The summed E-state index contributed by atoms with van der Waals surface area (Å²) in [5.41, 5.74) is 1.83. The van der Waals surface area contributed by atoms with Gasteiger partial charge in [-0.15, -0.1) is 0 Å². The number of nitrogens with one attached hydrogen (secondary N) is 2.